The van der Waals surface area contributed by atoms with E-state index in [-0.39, 0.29) is 11.9 Å². The van der Waals surface area contributed by atoms with E-state index in [9.17, 15) is 4.79 Å². The Morgan fingerprint density at radius 3 is 2.64 bits per heavy atom. The van der Waals surface area contributed by atoms with Crippen LogP contribution in [-0.2, 0) is 0 Å². The van der Waals surface area contributed by atoms with Gasteiger partial charge in [-0.25, -0.2) is 0 Å². The van der Waals surface area contributed by atoms with E-state index < -0.39 is 0 Å². The molecule has 0 N–H and O–H groups in total. The van der Waals surface area contributed by atoms with E-state index in [2.05, 4.69) is 15.2 Å². The zero-order valence-corrected chi connectivity index (χ0v) is 13.9. The van der Waals surface area contributed by atoms with Gasteiger partial charge in [0.15, 0.2) is 0 Å². The minimum atomic E-state index is -0.170. The number of aromatic nitrogens is 3. The maximum atomic E-state index is 12.8. The molecular weight excluding hydrogens is 316 g/mol. The first-order valence-electron chi connectivity index (χ1n) is 8.34. The van der Waals surface area contributed by atoms with Gasteiger partial charge in [-0.3, -0.25) is 9.78 Å². The minimum Gasteiger partial charge on any atom is -0.418 e. The van der Waals surface area contributed by atoms with E-state index in [4.69, 9.17) is 4.42 Å². The Bertz CT molecular complexity index is 874. The van der Waals surface area contributed by atoms with Crippen LogP contribution in [0.3, 0.4) is 0 Å². The average Bonchev–Trinajstić information content (AvgIpc) is 3.32. The first kappa shape index (κ1) is 15.5. The number of amides is 1. The van der Waals surface area contributed by atoms with Crippen LogP contribution in [0, 0.1) is 6.92 Å². The molecule has 3 aromatic rings. The van der Waals surface area contributed by atoms with Gasteiger partial charge >= 0.3 is 0 Å². The molecule has 1 atom stereocenters. The highest BCUT2D eigenvalue weighted by Crippen LogP contribution is 2.33. The number of hydrogen-bond donors (Lipinski definition) is 0. The van der Waals surface area contributed by atoms with Crippen LogP contribution in [0.5, 0.6) is 0 Å². The molecule has 6 heteroatoms. The van der Waals surface area contributed by atoms with Gasteiger partial charge < -0.3 is 9.32 Å². The molecule has 25 heavy (non-hydrogen) atoms. The molecule has 1 fully saturated rings. The molecule has 1 aromatic carbocycles. The lowest BCUT2D eigenvalue weighted by atomic mass is 10.1. The second kappa shape index (κ2) is 6.47. The smallest absolute Gasteiger partial charge is 0.254 e. The zero-order chi connectivity index (χ0) is 17.2. The SMILES string of the molecule is Cc1ccc(C(=O)N2CCCC2c2nnc(-c3ccncc3)o2)cc1. The van der Waals surface area contributed by atoms with Crippen LogP contribution in [0.15, 0.2) is 53.2 Å². The summed E-state index contributed by atoms with van der Waals surface area (Å²) in [5.74, 6) is 0.947. The van der Waals surface area contributed by atoms with Gasteiger partial charge in [-0.1, -0.05) is 17.7 Å². The third-order valence-electron chi connectivity index (χ3n) is 4.47. The van der Waals surface area contributed by atoms with E-state index in [1.54, 1.807) is 12.4 Å². The fourth-order valence-electron chi connectivity index (χ4n) is 3.11. The highest BCUT2D eigenvalue weighted by molar-refractivity contribution is 5.94. The number of likely N-dealkylation sites (tertiary alicyclic amines) is 1. The van der Waals surface area contributed by atoms with Crippen molar-refractivity contribution in [1.82, 2.24) is 20.1 Å². The van der Waals surface area contributed by atoms with Crippen molar-refractivity contribution in [3.05, 3.63) is 65.8 Å². The molecule has 1 aliphatic rings. The standard InChI is InChI=1S/C19H18N4O2/c1-13-4-6-15(7-5-13)19(24)23-12-2-3-16(23)18-22-21-17(25-18)14-8-10-20-11-9-14/h4-11,16H,2-3,12H2,1H3. The van der Waals surface area contributed by atoms with Gasteiger partial charge in [-0.05, 0) is 44.0 Å². The van der Waals surface area contributed by atoms with Crippen molar-refractivity contribution in [3.8, 4) is 11.5 Å². The number of pyridine rings is 1. The fraction of sp³-hybridized carbons (Fsp3) is 0.263. The zero-order valence-electron chi connectivity index (χ0n) is 13.9. The van der Waals surface area contributed by atoms with Gasteiger partial charge in [0.2, 0.25) is 11.8 Å². The predicted molar refractivity (Wildman–Crippen MR) is 91.7 cm³/mol. The van der Waals surface area contributed by atoms with Crippen molar-refractivity contribution in [3.63, 3.8) is 0 Å². The Hall–Kier alpha value is -3.02. The molecule has 0 radical (unpaired) electrons. The molecule has 0 aliphatic carbocycles. The lowest BCUT2D eigenvalue weighted by Crippen LogP contribution is -2.30. The molecule has 2 aromatic heterocycles. The molecule has 1 amide bonds. The molecule has 1 saturated heterocycles. The minimum absolute atomic E-state index is 0.00570. The first-order chi connectivity index (χ1) is 12.2. The third kappa shape index (κ3) is 3.03. The highest BCUT2D eigenvalue weighted by atomic mass is 16.4. The maximum Gasteiger partial charge on any atom is 0.254 e. The molecule has 4 rings (SSSR count). The van der Waals surface area contributed by atoms with Gasteiger partial charge in [0.05, 0.1) is 0 Å². The Morgan fingerprint density at radius 2 is 1.88 bits per heavy atom. The third-order valence-corrected chi connectivity index (χ3v) is 4.47. The number of carbonyl (C=O) groups excluding carboxylic acids is 1. The van der Waals surface area contributed by atoms with Gasteiger partial charge in [0.25, 0.3) is 5.91 Å². The van der Waals surface area contributed by atoms with Crippen molar-refractivity contribution in [2.75, 3.05) is 6.54 Å². The van der Waals surface area contributed by atoms with Gasteiger partial charge in [-0.15, -0.1) is 10.2 Å². The topological polar surface area (TPSA) is 72.1 Å². The predicted octanol–water partition coefficient (Wildman–Crippen LogP) is 3.42. The van der Waals surface area contributed by atoms with E-state index in [1.807, 2.05) is 48.2 Å². The Morgan fingerprint density at radius 1 is 1.12 bits per heavy atom. The van der Waals surface area contributed by atoms with Crippen LogP contribution in [0.1, 0.15) is 40.7 Å². The van der Waals surface area contributed by atoms with Crippen LogP contribution in [0.25, 0.3) is 11.5 Å². The molecule has 0 spiro atoms. The first-order valence-corrected chi connectivity index (χ1v) is 8.34. The molecule has 126 valence electrons. The number of hydrogen-bond acceptors (Lipinski definition) is 5. The summed E-state index contributed by atoms with van der Waals surface area (Å²) in [4.78, 5) is 18.7. The second-order valence-corrected chi connectivity index (χ2v) is 6.20. The van der Waals surface area contributed by atoms with Crippen molar-refractivity contribution in [1.29, 1.82) is 0 Å². The van der Waals surface area contributed by atoms with Crippen molar-refractivity contribution in [2.24, 2.45) is 0 Å². The van der Waals surface area contributed by atoms with Gasteiger partial charge in [0, 0.05) is 30.1 Å². The highest BCUT2D eigenvalue weighted by Gasteiger charge is 2.34. The van der Waals surface area contributed by atoms with Crippen LogP contribution in [0.2, 0.25) is 0 Å². The maximum absolute atomic E-state index is 12.8. The van der Waals surface area contributed by atoms with Crippen molar-refractivity contribution >= 4 is 5.91 Å². The number of benzene rings is 1. The quantitative estimate of drug-likeness (QED) is 0.734. The van der Waals surface area contributed by atoms with E-state index >= 15 is 0 Å². The summed E-state index contributed by atoms with van der Waals surface area (Å²) in [6.07, 6.45) is 5.12. The number of nitrogens with zero attached hydrogens (tertiary/aromatic N) is 4. The van der Waals surface area contributed by atoms with Crippen LogP contribution in [0.4, 0.5) is 0 Å². The lowest BCUT2D eigenvalue weighted by Gasteiger charge is -2.22. The number of rotatable bonds is 3. The number of carbonyl (C=O) groups is 1. The summed E-state index contributed by atoms with van der Waals surface area (Å²) in [5, 5.41) is 8.31. The van der Waals surface area contributed by atoms with Crippen LogP contribution < -0.4 is 0 Å². The fourth-order valence-corrected chi connectivity index (χ4v) is 3.11. The Balaban J connectivity index is 1.58. The Kier molecular flexibility index (Phi) is 4.01. The van der Waals surface area contributed by atoms with Crippen LogP contribution >= 0.6 is 0 Å². The summed E-state index contributed by atoms with van der Waals surface area (Å²) in [6.45, 7) is 2.70. The molecule has 3 heterocycles. The van der Waals surface area contributed by atoms with Gasteiger partial charge in [0.1, 0.15) is 6.04 Å². The van der Waals surface area contributed by atoms with Crippen molar-refractivity contribution < 1.29 is 9.21 Å². The van der Waals surface area contributed by atoms with E-state index in [0.717, 1.165) is 24.0 Å². The molecular formula is C19H18N4O2. The van der Waals surface area contributed by atoms with E-state index in [1.165, 1.54) is 0 Å². The van der Waals surface area contributed by atoms with E-state index in [0.29, 0.717) is 23.9 Å². The second-order valence-electron chi connectivity index (χ2n) is 6.20. The molecule has 6 nitrogen and oxygen atoms in total. The average molecular weight is 334 g/mol. The largest absolute Gasteiger partial charge is 0.418 e. The van der Waals surface area contributed by atoms with Gasteiger partial charge in [-0.2, -0.15) is 0 Å². The number of aryl methyl sites for hydroxylation is 1. The summed E-state index contributed by atoms with van der Waals surface area (Å²) in [7, 11) is 0. The normalized spacial score (nSPS) is 17.0. The lowest BCUT2D eigenvalue weighted by molar-refractivity contribution is 0.0716. The monoisotopic (exact) mass is 334 g/mol. The summed E-state index contributed by atoms with van der Waals surface area (Å²) in [5.41, 5.74) is 2.64. The molecule has 0 saturated carbocycles. The molecule has 1 aliphatic heterocycles. The van der Waals surface area contributed by atoms with Crippen molar-refractivity contribution in [2.45, 2.75) is 25.8 Å². The summed E-state index contributed by atoms with van der Waals surface area (Å²) in [6, 6.07) is 11.1. The van der Waals surface area contributed by atoms with Crippen LogP contribution in [-0.4, -0.2) is 32.5 Å². The molecule has 1 unspecified atom stereocenters. The molecule has 0 bridgehead atoms. The summed E-state index contributed by atoms with van der Waals surface area (Å²) >= 11 is 0. The summed E-state index contributed by atoms with van der Waals surface area (Å²) < 4.78 is 5.85. The Labute approximate surface area is 145 Å².